The van der Waals surface area contributed by atoms with Gasteiger partial charge in [-0.15, -0.1) is 0 Å². The van der Waals surface area contributed by atoms with Gasteiger partial charge in [0, 0.05) is 17.2 Å². The van der Waals surface area contributed by atoms with Gasteiger partial charge in [-0.3, -0.25) is 4.79 Å². The van der Waals surface area contributed by atoms with E-state index < -0.39 is 0 Å². The molecule has 0 saturated carbocycles. The topological polar surface area (TPSA) is 75.3 Å². The van der Waals surface area contributed by atoms with Gasteiger partial charge in [0.15, 0.2) is 0 Å². The first kappa shape index (κ1) is 15.6. The standard InChI is InChI=1S/C19H16N2O3/c1-13(22)15-5-7-16(8-6-15)18-9-10-19(24)21(20-18)12-14-3-2-4-17(23)11-14/h2-11,22-23H,1,12H2. The molecule has 2 aromatic carbocycles. The van der Waals surface area contributed by atoms with Gasteiger partial charge in [0.1, 0.15) is 11.5 Å². The molecule has 0 radical (unpaired) electrons. The molecule has 0 unspecified atom stereocenters. The molecule has 1 heterocycles. The highest BCUT2D eigenvalue weighted by molar-refractivity contribution is 5.64. The fourth-order valence-corrected chi connectivity index (χ4v) is 2.38. The SMILES string of the molecule is C=C(O)c1ccc(-c2ccc(=O)n(Cc3cccc(O)c3)n2)cc1. The molecule has 5 nitrogen and oxygen atoms in total. The minimum atomic E-state index is -0.220. The first-order valence-corrected chi connectivity index (χ1v) is 7.38. The van der Waals surface area contributed by atoms with Crippen LogP contribution in [0, 0.1) is 0 Å². The molecule has 0 saturated heterocycles. The largest absolute Gasteiger partial charge is 0.508 e. The van der Waals surface area contributed by atoms with Crippen LogP contribution in [-0.4, -0.2) is 20.0 Å². The van der Waals surface area contributed by atoms with E-state index in [0.29, 0.717) is 11.3 Å². The molecule has 0 fully saturated rings. The molecular weight excluding hydrogens is 304 g/mol. The van der Waals surface area contributed by atoms with Gasteiger partial charge >= 0.3 is 0 Å². The van der Waals surface area contributed by atoms with Crippen LogP contribution in [0.25, 0.3) is 17.0 Å². The molecule has 0 bridgehead atoms. The summed E-state index contributed by atoms with van der Waals surface area (Å²) in [6.45, 7) is 3.75. The van der Waals surface area contributed by atoms with Crippen molar-refractivity contribution in [3.63, 3.8) is 0 Å². The lowest BCUT2D eigenvalue weighted by molar-refractivity contribution is 0.474. The molecule has 0 spiro atoms. The third kappa shape index (κ3) is 3.35. The van der Waals surface area contributed by atoms with E-state index in [1.807, 2.05) is 18.2 Å². The van der Waals surface area contributed by atoms with Crippen LogP contribution in [0.3, 0.4) is 0 Å². The van der Waals surface area contributed by atoms with Crippen LogP contribution in [0.4, 0.5) is 0 Å². The Morgan fingerprint density at radius 1 is 1.08 bits per heavy atom. The highest BCUT2D eigenvalue weighted by Crippen LogP contribution is 2.19. The van der Waals surface area contributed by atoms with Gasteiger partial charge in [-0.1, -0.05) is 43.0 Å². The van der Waals surface area contributed by atoms with E-state index in [9.17, 15) is 15.0 Å². The molecule has 3 aromatic rings. The average molecular weight is 320 g/mol. The fraction of sp³-hybridized carbons (Fsp3) is 0.0526. The third-order valence-corrected chi connectivity index (χ3v) is 3.62. The number of hydrogen-bond acceptors (Lipinski definition) is 4. The minimum Gasteiger partial charge on any atom is -0.508 e. The summed E-state index contributed by atoms with van der Waals surface area (Å²) in [4.78, 5) is 12.0. The van der Waals surface area contributed by atoms with Gasteiger partial charge in [-0.05, 0) is 23.8 Å². The number of hydrogen-bond donors (Lipinski definition) is 2. The van der Waals surface area contributed by atoms with E-state index in [1.54, 1.807) is 36.4 Å². The lowest BCUT2D eigenvalue weighted by atomic mass is 10.1. The number of aromatic hydroxyl groups is 1. The second kappa shape index (κ2) is 6.42. The minimum absolute atomic E-state index is 0.00312. The first-order chi connectivity index (χ1) is 11.5. The van der Waals surface area contributed by atoms with Gasteiger partial charge in [0.25, 0.3) is 5.56 Å². The van der Waals surface area contributed by atoms with E-state index in [-0.39, 0.29) is 23.6 Å². The van der Waals surface area contributed by atoms with Gasteiger partial charge < -0.3 is 10.2 Å². The fourth-order valence-electron chi connectivity index (χ4n) is 2.38. The summed E-state index contributed by atoms with van der Waals surface area (Å²) in [5.41, 5.74) is 2.66. The Hall–Kier alpha value is -3.34. The number of phenols is 1. The van der Waals surface area contributed by atoms with Crippen molar-refractivity contribution < 1.29 is 10.2 Å². The molecule has 3 rings (SSSR count). The number of benzene rings is 2. The van der Waals surface area contributed by atoms with E-state index in [4.69, 9.17) is 0 Å². The maximum atomic E-state index is 12.0. The van der Waals surface area contributed by atoms with Crippen molar-refractivity contribution in [2.45, 2.75) is 6.54 Å². The highest BCUT2D eigenvalue weighted by Gasteiger charge is 2.06. The number of aliphatic hydroxyl groups is 1. The molecule has 24 heavy (non-hydrogen) atoms. The molecule has 1 aromatic heterocycles. The van der Waals surface area contributed by atoms with Gasteiger partial charge in [0.2, 0.25) is 0 Å². The van der Waals surface area contributed by atoms with Crippen molar-refractivity contribution in [3.8, 4) is 17.0 Å². The molecule has 0 atom stereocenters. The lowest BCUT2D eigenvalue weighted by Gasteiger charge is -2.08. The van der Waals surface area contributed by atoms with Gasteiger partial charge in [0.05, 0.1) is 12.2 Å². The Morgan fingerprint density at radius 3 is 2.50 bits per heavy atom. The molecule has 0 amide bonds. The Morgan fingerprint density at radius 2 is 1.83 bits per heavy atom. The molecule has 0 aliphatic rings. The van der Waals surface area contributed by atoms with Crippen LogP contribution in [0.2, 0.25) is 0 Å². The maximum absolute atomic E-state index is 12.0. The lowest BCUT2D eigenvalue weighted by Crippen LogP contribution is -2.22. The zero-order valence-electron chi connectivity index (χ0n) is 12.9. The van der Waals surface area contributed by atoms with Crippen LogP contribution >= 0.6 is 0 Å². The molecular formula is C19H16N2O3. The third-order valence-electron chi connectivity index (χ3n) is 3.62. The maximum Gasteiger partial charge on any atom is 0.267 e. The van der Waals surface area contributed by atoms with E-state index >= 15 is 0 Å². The van der Waals surface area contributed by atoms with Crippen molar-refractivity contribution in [2.75, 3.05) is 0 Å². The van der Waals surface area contributed by atoms with Crippen molar-refractivity contribution in [3.05, 3.63) is 88.7 Å². The monoisotopic (exact) mass is 320 g/mol. The Balaban J connectivity index is 1.94. The summed E-state index contributed by atoms with van der Waals surface area (Å²) in [6.07, 6.45) is 0. The van der Waals surface area contributed by atoms with Crippen LogP contribution in [0.5, 0.6) is 5.75 Å². The van der Waals surface area contributed by atoms with Gasteiger partial charge in [-0.2, -0.15) is 5.10 Å². The number of rotatable bonds is 4. The Labute approximate surface area is 138 Å². The predicted molar refractivity (Wildman–Crippen MR) is 92.8 cm³/mol. The van der Waals surface area contributed by atoms with Gasteiger partial charge in [-0.25, -0.2) is 4.68 Å². The smallest absolute Gasteiger partial charge is 0.267 e. The summed E-state index contributed by atoms with van der Waals surface area (Å²) in [7, 11) is 0. The summed E-state index contributed by atoms with van der Waals surface area (Å²) < 4.78 is 1.35. The highest BCUT2D eigenvalue weighted by atomic mass is 16.3. The summed E-state index contributed by atoms with van der Waals surface area (Å²) in [5, 5.41) is 23.3. The summed E-state index contributed by atoms with van der Waals surface area (Å²) in [5.74, 6) is 0.153. The van der Waals surface area contributed by atoms with Crippen molar-refractivity contribution in [2.24, 2.45) is 0 Å². The molecule has 120 valence electrons. The molecule has 5 heteroatoms. The molecule has 2 N–H and O–H groups in total. The number of phenolic OH excluding ortho intramolecular Hbond substituents is 1. The van der Waals surface area contributed by atoms with Crippen molar-refractivity contribution in [1.29, 1.82) is 0 Å². The molecule has 0 aliphatic heterocycles. The van der Waals surface area contributed by atoms with E-state index in [2.05, 4.69) is 11.7 Å². The molecule has 0 aliphatic carbocycles. The summed E-state index contributed by atoms with van der Waals surface area (Å²) in [6, 6.07) is 16.9. The number of aromatic nitrogens is 2. The van der Waals surface area contributed by atoms with E-state index in [0.717, 1.165) is 11.1 Å². The van der Waals surface area contributed by atoms with Crippen LogP contribution in [0.1, 0.15) is 11.1 Å². The zero-order chi connectivity index (χ0) is 17.1. The first-order valence-electron chi connectivity index (χ1n) is 7.38. The Bertz CT molecular complexity index is 943. The average Bonchev–Trinajstić information content (AvgIpc) is 2.57. The normalized spacial score (nSPS) is 10.5. The Kier molecular flexibility index (Phi) is 4.16. The van der Waals surface area contributed by atoms with Crippen LogP contribution in [-0.2, 0) is 6.54 Å². The van der Waals surface area contributed by atoms with Crippen molar-refractivity contribution in [1.82, 2.24) is 9.78 Å². The van der Waals surface area contributed by atoms with Crippen LogP contribution < -0.4 is 5.56 Å². The van der Waals surface area contributed by atoms with E-state index in [1.165, 1.54) is 10.7 Å². The number of nitrogens with zero attached hydrogens (tertiary/aromatic N) is 2. The summed E-state index contributed by atoms with van der Waals surface area (Å²) >= 11 is 0. The van der Waals surface area contributed by atoms with Crippen molar-refractivity contribution >= 4 is 5.76 Å². The van der Waals surface area contributed by atoms with Crippen LogP contribution in [0.15, 0.2) is 72.0 Å². The predicted octanol–water partition coefficient (Wildman–Crippen LogP) is 3.19. The zero-order valence-corrected chi connectivity index (χ0v) is 12.9. The quantitative estimate of drug-likeness (QED) is 0.724. The number of aliphatic hydroxyl groups excluding tert-OH is 1. The second-order valence-corrected chi connectivity index (χ2v) is 5.41. The second-order valence-electron chi connectivity index (χ2n) is 5.41.